The zero-order chi connectivity index (χ0) is 13.2. The molecule has 1 saturated heterocycles. The van der Waals surface area contributed by atoms with Gasteiger partial charge in [-0.25, -0.2) is 0 Å². The smallest absolute Gasteiger partial charge is 0.119 e. The van der Waals surface area contributed by atoms with Gasteiger partial charge in [0.2, 0.25) is 0 Å². The molecule has 0 unspecified atom stereocenters. The Morgan fingerprint density at radius 2 is 2.11 bits per heavy atom. The Bertz CT molecular complexity index is 411. The molecule has 100 valence electrons. The molecule has 0 aliphatic carbocycles. The molecule has 1 heterocycles. The highest BCUT2D eigenvalue weighted by atomic mass is 16.5. The molecule has 18 heavy (non-hydrogen) atoms. The van der Waals surface area contributed by atoms with E-state index in [1.54, 1.807) is 0 Å². The van der Waals surface area contributed by atoms with Gasteiger partial charge in [-0.2, -0.15) is 0 Å². The molecule has 0 radical (unpaired) electrons. The molecule has 3 nitrogen and oxygen atoms in total. The van der Waals surface area contributed by atoms with Crippen molar-refractivity contribution in [1.29, 1.82) is 0 Å². The summed E-state index contributed by atoms with van der Waals surface area (Å²) in [7, 11) is 2.01. The highest BCUT2D eigenvalue weighted by Crippen LogP contribution is 2.42. The van der Waals surface area contributed by atoms with Crippen molar-refractivity contribution in [3.8, 4) is 5.75 Å². The average molecular weight is 249 g/mol. The van der Waals surface area contributed by atoms with Crippen LogP contribution < -0.4 is 10.1 Å². The highest BCUT2D eigenvalue weighted by molar-refractivity contribution is 5.38. The van der Waals surface area contributed by atoms with Gasteiger partial charge in [-0.15, -0.1) is 0 Å². The average Bonchev–Trinajstić information content (AvgIpc) is 2.28. The summed E-state index contributed by atoms with van der Waals surface area (Å²) in [6.45, 7) is 8.67. The second kappa shape index (κ2) is 4.90. The summed E-state index contributed by atoms with van der Waals surface area (Å²) in [6, 6.07) is 8.38. The maximum Gasteiger partial charge on any atom is 0.119 e. The second-order valence-corrected chi connectivity index (χ2v) is 5.41. The number of ether oxygens (including phenoxy) is 2. The van der Waals surface area contributed by atoms with Crippen LogP contribution >= 0.6 is 0 Å². The number of likely N-dealkylation sites (N-methyl/N-ethyl adjacent to an activating group) is 1. The van der Waals surface area contributed by atoms with Crippen LogP contribution in [-0.4, -0.2) is 32.4 Å². The molecule has 2 rings (SSSR count). The van der Waals surface area contributed by atoms with Crippen LogP contribution in [0.2, 0.25) is 0 Å². The SMILES string of the molecule is CCOc1cccc(C2(C(C)(C)NC)COC2)c1. The molecule has 0 aromatic heterocycles. The van der Waals surface area contributed by atoms with Crippen LogP contribution in [0, 0.1) is 0 Å². The summed E-state index contributed by atoms with van der Waals surface area (Å²) < 4.78 is 11.1. The predicted octanol–water partition coefficient (Wildman–Crippen LogP) is 2.35. The fraction of sp³-hybridized carbons (Fsp3) is 0.600. The molecule has 0 saturated carbocycles. The van der Waals surface area contributed by atoms with Crippen LogP contribution in [0.15, 0.2) is 24.3 Å². The van der Waals surface area contributed by atoms with E-state index >= 15 is 0 Å². The lowest BCUT2D eigenvalue weighted by molar-refractivity contribution is -0.0991. The third-order valence-electron chi connectivity index (χ3n) is 4.22. The predicted molar refractivity (Wildman–Crippen MR) is 73.2 cm³/mol. The van der Waals surface area contributed by atoms with Crippen LogP contribution in [0.4, 0.5) is 0 Å². The zero-order valence-electron chi connectivity index (χ0n) is 11.7. The molecule has 0 spiro atoms. The summed E-state index contributed by atoms with van der Waals surface area (Å²) in [5, 5.41) is 3.41. The minimum atomic E-state index is -0.00388. The summed E-state index contributed by atoms with van der Waals surface area (Å²) >= 11 is 0. The molecule has 0 bridgehead atoms. The van der Waals surface area contributed by atoms with E-state index < -0.39 is 0 Å². The Balaban J connectivity index is 2.36. The lowest BCUT2D eigenvalue weighted by atomic mass is 9.65. The van der Waals surface area contributed by atoms with Gasteiger partial charge in [0.1, 0.15) is 5.75 Å². The first kappa shape index (κ1) is 13.4. The Kier molecular flexibility index (Phi) is 3.64. The van der Waals surface area contributed by atoms with E-state index in [4.69, 9.17) is 9.47 Å². The van der Waals surface area contributed by atoms with Crippen LogP contribution in [0.1, 0.15) is 26.3 Å². The molecule has 1 aromatic rings. The molecule has 1 fully saturated rings. The van der Waals surface area contributed by atoms with E-state index in [0.29, 0.717) is 6.61 Å². The molecule has 1 N–H and O–H groups in total. The highest BCUT2D eigenvalue weighted by Gasteiger charge is 2.51. The number of benzene rings is 1. The normalized spacial score (nSPS) is 18.2. The van der Waals surface area contributed by atoms with E-state index in [1.807, 2.05) is 20.0 Å². The van der Waals surface area contributed by atoms with E-state index in [1.165, 1.54) is 5.56 Å². The standard InChI is InChI=1S/C15H23NO2/c1-5-18-13-8-6-7-12(9-13)15(10-17-11-15)14(2,3)16-4/h6-9,16H,5,10-11H2,1-4H3. The maximum atomic E-state index is 5.60. The van der Waals surface area contributed by atoms with Crippen molar-refractivity contribution >= 4 is 0 Å². The summed E-state index contributed by atoms with van der Waals surface area (Å²) in [6.07, 6.45) is 0. The Hall–Kier alpha value is -1.06. The van der Waals surface area contributed by atoms with E-state index in [2.05, 4.69) is 37.4 Å². The lowest BCUT2D eigenvalue weighted by Crippen LogP contribution is -2.65. The van der Waals surface area contributed by atoms with Gasteiger partial charge in [-0.3, -0.25) is 0 Å². The zero-order valence-corrected chi connectivity index (χ0v) is 11.7. The molecule has 0 atom stereocenters. The minimum Gasteiger partial charge on any atom is -0.494 e. The van der Waals surface area contributed by atoms with Crippen molar-refractivity contribution in [2.45, 2.75) is 31.7 Å². The topological polar surface area (TPSA) is 30.5 Å². The van der Waals surface area contributed by atoms with Crippen molar-refractivity contribution in [2.75, 3.05) is 26.9 Å². The molecular weight excluding hydrogens is 226 g/mol. The molecule has 3 heteroatoms. The third-order valence-corrected chi connectivity index (χ3v) is 4.22. The number of rotatable bonds is 5. The summed E-state index contributed by atoms with van der Waals surface area (Å²) in [5.41, 5.74) is 1.32. The van der Waals surface area contributed by atoms with Crippen molar-refractivity contribution in [3.05, 3.63) is 29.8 Å². The van der Waals surface area contributed by atoms with Crippen molar-refractivity contribution < 1.29 is 9.47 Å². The van der Waals surface area contributed by atoms with E-state index in [0.717, 1.165) is 19.0 Å². The van der Waals surface area contributed by atoms with Gasteiger partial charge >= 0.3 is 0 Å². The van der Waals surface area contributed by atoms with Gasteiger partial charge in [0, 0.05) is 5.54 Å². The third kappa shape index (κ3) is 2.02. The number of hydrogen-bond donors (Lipinski definition) is 1. The maximum absolute atomic E-state index is 5.60. The summed E-state index contributed by atoms with van der Waals surface area (Å²) in [4.78, 5) is 0. The van der Waals surface area contributed by atoms with Crippen molar-refractivity contribution in [1.82, 2.24) is 5.32 Å². The summed E-state index contributed by atoms with van der Waals surface area (Å²) in [5.74, 6) is 0.938. The van der Waals surface area contributed by atoms with Gasteiger partial charge in [-0.05, 0) is 45.5 Å². The van der Waals surface area contributed by atoms with Gasteiger partial charge in [0.25, 0.3) is 0 Å². The monoisotopic (exact) mass is 249 g/mol. The fourth-order valence-electron chi connectivity index (χ4n) is 2.48. The number of nitrogens with one attached hydrogen (secondary N) is 1. The Morgan fingerprint density at radius 3 is 2.61 bits per heavy atom. The molecular formula is C15H23NO2. The van der Waals surface area contributed by atoms with Crippen LogP contribution in [-0.2, 0) is 10.2 Å². The Morgan fingerprint density at radius 1 is 1.39 bits per heavy atom. The molecule has 0 amide bonds. The van der Waals surface area contributed by atoms with Crippen molar-refractivity contribution in [3.63, 3.8) is 0 Å². The Labute approximate surface area is 109 Å². The minimum absolute atomic E-state index is 0.00388. The fourth-order valence-corrected chi connectivity index (χ4v) is 2.48. The molecule has 1 aromatic carbocycles. The van der Waals surface area contributed by atoms with E-state index in [-0.39, 0.29) is 11.0 Å². The largest absolute Gasteiger partial charge is 0.494 e. The second-order valence-electron chi connectivity index (χ2n) is 5.41. The van der Waals surface area contributed by atoms with Crippen LogP contribution in [0.5, 0.6) is 5.75 Å². The van der Waals surface area contributed by atoms with Crippen LogP contribution in [0.25, 0.3) is 0 Å². The van der Waals surface area contributed by atoms with E-state index in [9.17, 15) is 0 Å². The van der Waals surface area contributed by atoms with Crippen LogP contribution in [0.3, 0.4) is 0 Å². The first-order chi connectivity index (χ1) is 8.55. The van der Waals surface area contributed by atoms with Gasteiger partial charge < -0.3 is 14.8 Å². The molecule has 1 aliphatic rings. The first-order valence-electron chi connectivity index (χ1n) is 6.56. The van der Waals surface area contributed by atoms with Gasteiger partial charge in [0.15, 0.2) is 0 Å². The molecule has 1 aliphatic heterocycles. The number of hydrogen-bond acceptors (Lipinski definition) is 3. The first-order valence-corrected chi connectivity index (χ1v) is 6.56. The van der Waals surface area contributed by atoms with Gasteiger partial charge in [-0.1, -0.05) is 12.1 Å². The quantitative estimate of drug-likeness (QED) is 0.869. The lowest BCUT2D eigenvalue weighted by Gasteiger charge is -2.52. The van der Waals surface area contributed by atoms with Crippen molar-refractivity contribution in [2.24, 2.45) is 0 Å². The van der Waals surface area contributed by atoms with Gasteiger partial charge in [0.05, 0.1) is 25.2 Å².